The summed E-state index contributed by atoms with van der Waals surface area (Å²) in [6.45, 7) is 3.09. The van der Waals surface area contributed by atoms with E-state index >= 15 is 0 Å². The molecule has 0 unspecified atom stereocenters. The first-order valence-electron chi connectivity index (χ1n) is 7.35. The number of nitrogens with one attached hydrogen (secondary N) is 1. The quantitative estimate of drug-likeness (QED) is 0.772. The molecule has 0 saturated carbocycles. The van der Waals surface area contributed by atoms with Gasteiger partial charge in [0.05, 0.1) is 12.1 Å². The first kappa shape index (κ1) is 15.7. The molecule has 1 aromatic heterocycles. The van der Waals surface area contributed by atoms with Crippen LogP contribution in [0, 0.1) is 0 Å². The fraction of sp³-hybridized carbons (Fsp3) is 0.533. The lowest BCUT2D eigenvalue weighted by Crippen LogP contribution is -2.38. The van der Waals surface area contributed by atoms with E-state index < -0.39 is 0 Å². The number of likely N-dealkylation sites (N-methyl/N-ethyl adjacent to an activating group) is 1. The molecule has 0 saturated heterocycles. The molecule has 0 aliphatic heterocycles. The minimum Gasteiger partial charge on any atom is -0.389 e. The molecule has 1 aliphatic rings. The van der Waals surface area contributed by atoms with Crippen LogP contribution in [0.5, 0.6) is 0 Å². The maximum absolute atomic E-state index is 11.7. The fourth-order valence-electron chi connectivity index (χ4n) is 2.67. The van der Waals surface area contributed by atoms with Gasteiger partial charge in [0, 0.05) is 19.3 Å². The Bertz CT molecular complexity index is 559. The number of carbonyl (C=O) groups excluding carboxylic acids is 1. The molecule has 1 aliphatic carbocycles. The van der Waals surface area contributed by atoms with Crippen LogP contribution in [0.2, 0.25) is 0 Å². The van der Waals surface area contributed by atoms with Gasteiger partial charge in [0.2, 0.25) is 5.91 Å². The van der Waals surface area contributed by atoms with Crippen LogP contribution in [0.1, 0.15) is 36.6 Å². The zero-order valence-electron chi connectivity index (χ0n) is 12.6. The van der Waals surface area contributed by atoms with E-state index in [1.54, 1.807) is 7.05 Å². The first-order chi connectivity index (χ1) is 10.1. The van der Waals surface area contributed by atoms with Crippen molar-refractivity contribution in [3.8, 4) is 0 Å². The van der Waals surface area contributed by atoms with Gasteiger partial charge in [0.1, 0.15) is 10.8 Å². The molecule has 0 radical (unpaired) electrons. The summed E-state index contributed by atoms with van der Waals surface area (Å²) >= 11 is 5.18. The number of aryl methyl sites for hydroxylation is 2. The van der Waals surface area contributed by atoms with Crippen molar-refractivity contribution >= 4 is 28.9 Å². The number of hydrogen-bond acceptors (Lipinski definition) is 4. The average molecular weight is 306 g/mol. The zero-order valence-corrected chi connectivity index (χ0v) is 13.4. The molecule has 21 heavy (non-hydrogen) atoms. The SMILES string of the molecule is CCCN(CC(=O)NC)c1nc2c(cc1C(N)=S)CCC2. The Kier molecular flexibility index (Phi) is 5.12. The Labute approximate surface area is 130 Å². The maximum Gasteiger partial charge on any atom is 0.239 e. The van der Waals surface area contributed by atoms with Crippen LogP contribution < -0.4 is 16.0 Å². The molecule has 6 heteroatoms. The smallest absolute Gasteiger partial charge is 0.239 e. The number of nitrogens with two attached hydrogens (primary N) is 1. The highest BCUT2D eigenvalue weighted by atomic mass is 32.1. The van der Waals surface area contributed by atoms with Crippen molar-refractivity contribution in [2.45, 2.75) is 32.6 Å². The maximum atomic E-state index is 11.7. The van der Waals surface area contributed by atoms with Crippen LogP contribution in [-0.2, 0) is 17.6 Å². The van der Waals surface area contributed by atoms with E-state index in [4.69, 9.17) is 22.9 Å². The molecule has 2 rings (SSSR count). The molecule has 0 atom stereocenters. The summed E-state index contributed by atoms with van der Waals surface area (Å²) in [5.41, 5.74) is 9.00. The van der Waals surface area contributed by atoms with E-state index in [0.717, 1.165) is 49.3 Å². The third kappa shape index (κ3) is 3.50. The molecule has 0 spiro atoms. The van der Waals surface area contributed by atoms with E-state index in [2.05, 4.69) is 18.3 Å². The van der Waals surface area contributed by atoms with E-state index in [9.17, 15) is 4.79 Å². The normalized spacial score (nSPS) is 12.9. The molecule has 114 valence electrons. The Morgan fingerprint density at radius 3 is 2.90 bits per heavy atom. The second-order valence-corrected chi connectivity index (χ2v) is 5.72. The van der Waals surface area contributed by atoms with Crippen LogP contribution in [0.25, 0.3) is 0 Å². The molecule has 5 nitrogen and oxygen atoms in total. The van der Waals surface area contributed by atoms with Crippen molar-refractivity contribution in [3.63, 3.8) is 0 Å². The van der Waals surface area contributed by atoms with Gasteiger partial charge >= 0.3 is 0 Å². The van der Waals surface area contributed by atoms with Gasteiger partial charge in [-0.2, -0.15) is 0 Å². The number of thiocarbonyl (C=S) groups is 1. The van der Waals surface area contributed by atoms with Crippen molar-refractivity contribution in [3.05, 3.63) is 22.9 Å². The monoisotopic (exact) mass is 306 g/mol. The molecule has 1 heterocycles. The standard InChI is InChI=1S/C15H22N4OS/c1-3-7-19(9-13(20)17-2)15-11(14(16)21)8-10-5-4-6-12(10)18-15/h8H,3-7,9H2,1-2H3,(H2,16,21)(H,17,20). The second kappa shape index (κ2) is 6.85. The van der Waals surface area contributed by atoms with Crippen molar-refractivity contribution < 1.29 is 4.79 Å². The molecule has 0 aromatic carbocycles. The number of hydrogen-bond donors (Lipinski definition) is 2. The van der Waals surface area contributed by atoms with Gasteiger partial charge < -0.3 is 16.0 Å². The van der Waals surface area contributed by atoms with Gasteiger partial charge in [-0.15, -0.1) is 0 Å². The lowest BCUT2D eigenvalue weighted by Gasteiger charge is -2.25. The Morgan fingerprint density at radius 1 is 1.52 bits per heavy atom. The lowest BCUT2D eigenvalue weighted by molar-refractivity contribution is -0.119. The van der Waals surface area contributed by atoms with Gasteiger partial charge in [0.25, 0.3) is 0 Å². The van der Waals surface area contributed by atoms with E-state index in [1.165, 1.54) is 5.56 Å². The van der Waals surface area contributed by atoms with Crippen LogP contribution >= 0.6 is 12.2 Å². The number of pyridine rings is 1. The topological polar surface area (TPSA) is 71.2 Å². The van der Waals surface area contributed by atoms with Crippen LogP contribution in [0.3, 0.4) is 0 Å². The minimum atomic E-state index is -0.0420. The summed E-state index contributed by atoms with van der Waals surface area (Å²) in [5, 5.41) is 2.65. The van der Waals surface area contributed by atoms with Crippen LogP contribution in [0.15, 0.2) is 6.07 Å². The predicted octanol–water partition coefficient (Wildman–Crippen LogP) is 1.17. The molecule has 1 aromatic rings. The van der Waals surface area contributed by atoms with E-state index in [-0.39, 0.29) is 12.5 Å². The van der Waals surface area contributed by atoms with Crippen molar-refractivity contribution in [1.29, 1.82) is 0 Å². The number of carbonyl (C=O) groups is 1. The van der Waals surface area contributed by atoms with E-state index in [1.807, 2.05) is 4.90 Å². The molecular formula is C15H22N4OS. The zero-order chi connectivity index (χ0) is 15.4. The van der Waals surface area contributed by atoms with Crippen molar-refractivity contribution in [1.82, 2.24) is 10.3 Å². The summed E-state index contributed by atoms with van der Waals surface area (Å²) in [6, 6.07) is 2.06. The number of amides is 1. The Balaban J connectivity index is 2.42. The third-order valence-electron chi connectivity index (χ3n) is 3.70. The summed E-state index contributed by atoms with van der Waals surface area (Å²) in [4.78, 5) is 18.8. The van der Waals surface area contributed by atoms with Crippen molar-refractivity contribution in [2.75, 3.05) is 25.0 Å². The molecular weight excluding hydrogens is 284 g/mol. The number of rotatable bonds is 6. The van der Waals surface area contributed by atoms with Gasteiger partial charge in [-0.1, -0.05) is 19.1 Å². The predicted molar refractivity (Wildman–Crippen MR) is 88.7 cm³/mol. The Morgan fingerprint density at radius 2 is 2.29 bits per heavy atom. The van der Waals surface area contributed by atoms with Gasteiger partial charge in [-0.25, -0.2) is 4.98 Å². The highest BCUT2D eigenvalue weighted by Crippen LogP contribution is 2.27. The molecule has 3 N–H and O–H groups in total. The molecule has 1 amide bonds. The molecule has 0 bridgehead atoms. The largest absolute Gasteiger partial charge is 0.389 e. The minimum absolute atomic E-state index is 0.0420. The highest BCUT2D eigenvalue weighted by molar-refractivity contribution is 7.80. The number of anilines is 1. The third-order valence-corrected chi connectivity index (χ3v) is 3.92. The number of fused-ring (bicyclic) bond motifs is 1. The highest BCUT2D eigenvalue weighted by Gasteiger charge is 2.22. The summed E-state index contributed by atoms with van der Waals surface area (Å²) < 4.78 is 0. The number of aromatic nitrogens is 1. The van der Waals surface area contributed by atoms with Crippen LogP contribution in [-0.4, -0.2) is 36.0 Å². The number of nitrogens with zero attached hydrogens (tertiary/aromatic N) is 2. The lowest BCUT2D eigenvalue weighted by atomic mass is 10.1. The van der Waals surface area contributed by atoms with E-state index in [0.29, 0.717) is 4.99 Å². The summed E-state index contributed by atoms with van der Waals surface area (Å²) in [6.07, 6.45) is 4.06. The van der Waals surface area contributed by atoms with Crippen LogP contribution in [0.4, 0.5) is 5.82 Å². The fourth-order valence-corrected chi connectivity index (χ4v) is 2.82. The average Bonchev–Trinajstić information content (AvgIpc) is 2.92. The Hall–Kier alpha value is -1.69. The van der Waals surface area contributed by atoms with Gasteiger partial charge in [0.15, 0.2) is 0 Å². The summed E-state index contributed by atoms with van der Waals surface area (Å²) in [5.74, 6) is 0.702. The van der Waals surface area contributed by atoms with Gasteiger partial charge in [-0.05, 0) is 37.3 Å². The van der Waals surface area contributed by atoms with Gasteiger partial charge in [-0.3, -0.25) is 4.79 Å². The first-order valence-corrected chi connectivity index (χ1v) is 7.75. The molecule has 0 fully saturated rings. The summed E-state index contributed by atoms with van der Waals surface area (Å²) in [7, 11) is 1.64. The second-order valence-electron chi connectivity index (χ2n) is 5.28. The van der Waals surface area contributed by atoms with Crippen molar-refractivity contribution in [2.24, 2.45) is 5.73 Å².